The van der Waals surface area contributed by atoms with Crippen molar-refractivity contribution in [2.24, 2.45) is 0 Å². The Morgan fingerprint density at radius 3 is 2.57 bits per heavy atom. The standard InChI is InChI=1S/C22H26N4O2/c1-24(2)19-8-6-16(7-9-19)17-4-3-5-18(14-17)22(28)26-13-12-25-11-10-23-21(27)20(25)15-26/h3-9,14,20H,10-13,15H2,1-2H3,(H,23,27). The van der Waals surface area contributed by atoms with Crippen LogP contribution in [0.4, 0.5) is 5.69 Å². The minimum Gasteiger partial charge on any atom is -0.378 e. The Morgan fingerprint density at radius 2 is 1.82 bits per heavy atom. The topological polar surface area (TPSA) is 55.9 Å². The highest BCUT2D eigenvalue weighted by Gasteiger charge is 2.36. The molecule has 6 heteroatoms. The summed E-state index contributed by atoms with van der Waals surface area (Å²) in [6.45, 7) is 3.40. The highest BCUT2D eigenvalue weighted by atomic mass is 16.2. The Hall–Kier alpha value is -2.86. The normalized spacial score (nSPS) is 19.7. The SMILES string of the molecule is CN(C)c1ccc(-c2cccc(C(=O)N3CCN4CCNC(=O)C4C3)c2)cc1. The molecule has 1 atom stereocenters. The molecular formula is C22H26N4O2. The number of fused-ring (bicyclic) bond motifs is 1. The van der Waals surface area contributed by atoms with E-state index in [1.807, 2.05) is 38.4 Å². The van der Waals surface area contributed by atoms with Gasteiger partial charge in [-0.1, -0.05) is 24.3 Å². The molecular weight excluding hydrogens is 352 g/mol. The van der Waals surface area contributed by atoms with Crippen molar-refractivity contribution in [2.45, 2.75) is 6.04 Å². The zero-order chi connectivity index (χ0) is 19.7. The molecule has 0 spiro atoms. The summed E-state index contributed by atoms with van der Waals surface area (Å²) in [7, 11) is 4.03. The molecule has 2 amide bonds. The minimum atomic E-state index is -0.229. The van der Waals surface area contributed by atoms with Crippen LogP contribution in [-0.4, -0.2) is 74.5 Å². The van der Waals surface area contributed by atoms with Gasteiger partial charge in [-0.25, -0.2) is 0 Å². The van der Waals surface area contributed by atoms with E-state index in [4.69, 9.17) is 0 Å². The average molecular weight is 378 g/mol. The van der Waals surface area contributed by atoms with Gasteiger partial charge in [0.2, 0.25) is 5.91 Å². The van der Waals surface area contributed by atoms with Crippen LogP contribution in [-0.2, 0) is 4.79 Å². The van der Waals surface area contributed by atoms with Crippen molar-refractivity contribution in [1.29, 1.82) is 0 Å². The van der Waals surface area contributed by atoms with Gasteiger partial charge < -0.3 is 15.1 Å². The first-order valence-electron chi connectivity index (χ1n) is 9.72. The fourth-order valence-electron chi connectivity index (χ4n) is 3.93. The van der Waals surface area contributed by atoms with Crippen molar-refractivity contribution < 1.29 is 9.59 Å². The highest BCUT2D eigenvalue weighted by Crippen LogP contribution is 2.24. The van der Waals surface area contributed by atoms with Crippen LogP contribution in [0.3, 0.4) is 0 Å². The molecule has 2 fully saturated rings. The second kappa shape index (κ2) is 7.64. The van der Waals surface area contributed by atoms with Gasteiger partial charge in [0.1, 0.15) is 6.04 Å². The second-order valence-corrected chi connectivity index (χ2v) is 7.62. The lowest BCUT2D eigenvalue weighted by atomic mass is 10.0. The van der Waals surface area contributed by atoms with Crippen molar-refractivity contribution in [3.8, 4) is 11.1 Å². The van der Waals surface area contributed by atoms with Gasteiger partial charge in [-0.2, -0.15) is 0 Å². The Balaban J connectivity index is 1.52. The lowest BCUT2D eigenvalue weighted by molar-refractivity contribution is -0.131. The van der Waals surface area contributed by atoms with Crippen LogP contribution >= 0.6 is 0 Å². The molecule has 2 aliphatic rings. The number of amides is 2. The number of rotatable bonds is 3. The molecule has 1 unspecified atom stereocenters. The first kappa shape index (κ1) is 18.5. The molecule has 0 aromatic heterocycles. The number of anilines is 1. The monoisotopic (exact) mass is 378 g/mol. The van der Waals surface area contributed by atoms with Crippen LogP contribution in [0.2, 0.25) is 0 Å². The molecule has 0 radical (unpaired) electrons. The van der Waals surface area contributed by atoms with E-state index in [9.17, 15) is 9.59 Å². The zero-order valence-corrected chi connectivity index (χ0v) is 16.4. The largest absolute Gasteiger partial charge is 0.378 e. The van der Waals surface area contributed by atoms with E-state index in [1.54, 1.807) is 4.90 Å². The van der Waals surface area contributed by atoms with Crippen LogP contribution < -0.4 is 10.2 Å². The lowest BCUT2D eigenvalue weighted by Gasteiger charge is -2.43. The quantitative estimate of drug-likeness (QED) is 0.883. The molecule has 2 saturated heterocycles. The highest BCUT2D eigenvalue weighted by molar-refractivity contribution is 5.96. The van der Waals surface area contributed by atoms with E-state index in [0.717, 1.165) is 29.9 Å². The molecule has 6 nitrogen and oxygen atoms in total. The Labute approximate surface area is 165 Å². The molecule has 2 aromatic carbocycles. The van der Waals surface area contributed by atoms with Crippen LogP contribution in [0.5, 0.6) is 0 Å². The average Bonchev–Trinajstić information content (AvgIpc) is 2.73. The maximum absolute atomic E-state index is 13.1. The number of nitrogens with one attached hydrogen (secondary N) is 1. The molecule has 2 aromatic rings. The van der Waals surface area contributed by atoms with Crippen LogP contribution in [0.25, 0.3) is 11.1 Å². The summed E-state index contributed by atoms with van der Waals surface area (Å²) in [4.78, 5) is 31.3. The van der Waals surface area contributed by atoms with Gasteiger partial charge in [-0.15, -0.1) is 0 Å². The van der Waals surface area contributed by atoms with E-state index >= 15 is 0 Å². The Kier molecular flexibility index (Phi) is 5.05. The van der Waals surface area contributed by atoms with Crippen molar-refractivity contribution in [3.63, 3.8) is 0 Å². The summed E-state index contributed by atoms with van der Waals surface area (Å²) < 4.78 is 0. The first-order chi connectivity index (χ1) is 13.5. The number of carbonyl (C=O) groups is 2. The Morgan fingerprint density at radius 1 is 1.04 bits per heavy atom. The van der Waals surface area contributed by atoms with E-state index in [2.05, 4.69) is 39.4 Å². The van der Waals surface area contributed by atoms with Gasteiger partial charge in [-0.3, -0.25) is 14.5 Å². The summed E-state index contributed by atoms with van der Waals surface area (Å²) in [5, 5.41) is 2.90. The lowest BCUT2D eigenvalue weighted by Crippen LogP contribution is -2.64. The minimum absolute atomic E-state index is 0.00946. The number of hydrogen-bond acceptors (Lipinski definition) is 4. The van der Waals surface area contributed by atoms with Gasteiger partial charge >= 0.3 is 0 Å². The molecule has 0 bridgehead atoms. The molecule has 1 N–H and O–H groups in total. The molecule has 0 saturated carbocycles. The molecule has 2 heterocycles. The van der Waals surface area contributed by atoms with Gasteiger partial charge in [0.15, 0.2) is 0 Å². The van der Waals surface area contributed by atoms with Gasteiger partial charge in [-0.05, 0) is 35.4 Å². The van der Waals surface area contributed by atoms with Crippen LogP contribution in [0.1, 0.15) is 10.4 Å². The Bertz CT molecular complexity index is 878. The van der Waals surface area contributed by atoms with E-state index in [1.165, 1.54) is 0 Å². The van der Waals surface area contributed by atoms with E-state index in [-0.39, 0.29) is 17.9 Å². The summed E-state index contributed by atoms with van der Waals surface area (Å²) in [6.07, 6.45) is 0. The van der Waals surface area contributed by atoms with Gasteiger partial charge in [0.25, 0.3) is 5.91 Å². The van der Waals surface area contributed by atoms with E-state index in [0.29, 0.717) is 25.2 Å². The smallest absolute Gasteiger partial charge is 0.253 e. The molecule has 146 valence electrons. The predicted octanol–water partition coefficient (Wildman–Crippen LogP) is 1.68. The van der Waals surface area contributed by atoms with Crippen LogP contribution in [0.15, 0.2) is 48.5 Å². The maximum Gasteiger partial charge on any atom is 0.253 e. The maximum atomic E-state index is 13.1. The molecule has 0 aliphatic carbocycles. The summed E-state index contributed by atoms with van der Waals surface area (Å²) in [5.74, 6) is 0.0169. The number of piperazine rings is 2. The van der Waals surface area contributed by atoms with Gasteiger partial charge in [0, 0.05) is 58.1 Å². The first-order valence-corrected chi connectivity index (χ1v) is 9.72. The van der Waals surface area contributed by atoms with Crippen molar-refractivity contribution >= 4 is 17.5 Å². The van der Waals surface area contributed by atoms with Gasteiger partial charge in [0.05, 0.1) is 0 Å². The van der Waals surface area contributed by atoms with Crippen molar-refractivity contribution in [3.05, 3.63) is 54.1 Å². The fourth-order valence-corrected chi connectivity index (χ4v) is 3.93. The predicted molar refractivity (Wildman–Crippen MR) is 110 cm³/mol. The third-order valence-corrected chi connectivity index (χ3v) is 5.61. The van der Waals surface area contributed by atoms with Crippen molar-refractivity contribution in [1.82, 2.24) is 15.1 Å². The summed E-state index contributed by atoms with van der Waals surface area (Å²) in [6, 6.07) is 15.8. The number of benzene rings is 2. The number of nitrogens with zero attached hydrogens (tertiary/aromatic N) is 3. The number of carbonyl (C=O) groups excluding carboxylic acids is 2. The van der Waals surface area contributed by atoms with Crippen LogP contribution in [0, 0.1) is 0 Å². The molecule has 2 aliphatic heterocycles. The summed E-state index contributed by atoms with van der Waals surface area (Å²) >= 11 is 0. The molecule has 4 rings (SSSR count). The third kappa shape index (κ3) is 3.60. The summed E-state index contributed by atoms with van der Waals surface area (Å²) in [5.41, 5.74) is 3.90. The van der Waals surface area contributed by atoms with E-state index < -0.39 is 0 Å². The second-order valence-electron chi connectivity index (χ2n) is 7.62. The van der Waals surface area contributed by atoms with Crippen molar-refractivity contribution in [2.75, 3.05) is 51.7 Å². The zero-order valence-electron chi connectivity index (χ0n) is 16.4. The third-order valence-electron chi connectivity index (χ3n) is 5.61. The number of hydrogen-bond donors (Lipinski definition) is 1. The fraction of sp³-hybridized carbons (Fsp3) is 0.364. The molecule has 28 heavy (non-hydrogen) atoms.